The molecule has 5 nitrogen and oxygen atoms in total. The Morgan fingerprint density at radius 3 is 2.52 bits per heavy atom. The number of benzene rings is 1. The highest BCUT2D eigenvalue weighted by molar-refractivity contribution is 5.81. The van der Waals surface area contributed by atoms with Gasteiger partial charge in [-0.1, -0.05) is 33.3 Å². The lowest BCUT2D eigenvalue weighted by Gasteiger charge is -2.19. The molecule has 0 aliphatic rings. The first-order valence-corrected chi connectivity index (χ1v) is 8.25. The molecule has 2 unspecified atom stereocenters. The Morgan fingerprint density at radius 2 is 1.96 bits per heavy atom. The molecule has 3 N–H and O–H groups in total. The summed E-state index contributed by atoms with van der Waals surface area (Å²) in [6.45, 7) is 8.77. The lowest BCUT2D eigenvalue weighted by molar-refractivity contribution is -0.123. The molecule has 0 saturated carbocycles. The molecule has 0 saturated heterocycles. The molecule has 0 aliphatic carbocycles. The van der Waals surface area contributed by atoms with Crippen molar-refractivity contribution in [2.24, 2.45) is 11.7 Å². The summed E-state index contributed by atoms with van der Waals surface area (Å²) in [6, 6.07) is 5.11. The van der Waals surface area contributed by atoms with Gasteiger partial charge in [0.05, 0.1) is 25.8 Å². The van der Waals surface area contributed by atoms with Crippen LogP contribution in [0.25, 0.3) is 0 Å². The number of amides is 1. The minimum Gasteiger partial charge on any atom is -0.493 e. The van der Waals surface area contributed by atoms with Crippen LogP contribution in [0.15, 0.2) is 18.2 Å². The van der Waals surface area contributed by atoms with Crippen LogP contribution >= 0.6 is 0 Å². The molecule has 1 amide bonds. The Labute approximate surface area is 139 Å². The normalized spacial score (nSPS) is 13.5. The van der Waals surface area contributed by atoms with Gasteiger partial charge >= 0.3 is 0 Å². The number of methoxy groups -OCH3 is 1. The van der Waals surface area contributed by atoms with Crippen LogP contribution in [0.4, 0.5) is 0 Å². The number of nitrogens with two attached hydrogens (primary N) is 1. The van der Waals surface area contributed by atoms with E-state index in [1.807, 2.05) is 32.0 Å². The highest BCUT2D eigenvalue weighted by atomic mass is 16.5. The summed E-state index contributed by atoms with van der Waals surface area (Å²) >= 11 is 0. The van der Waals surface area contributed by atoms with Crippen LogP contribution in [0, 0.1) is 5.92 Å². The highest BCUT2D eigenvalue weighted by Crippen LogP contribution is 2.30. The fourth-order valence-corrected chi connectivity index (χ4v) is 2.18. The fraction of sp³-hybridized carbons (Fsp3) is 0.611. The van der Waals surface area contributed by atoms with Crippen molar-refractivity contribution in [2.45, 2.75) is 52.6 Å². The van der Waals surface area contributed by atoms with Gasteiger partial charge < -0.3 is 20.5 Å². The van der Waals surface area contributed by atoms with Crippen LogP contribution < -0.4 is 20.5 Å². The highest BCUT2D eigenvalue weighted by Gasteiger charge is 2.17. The Bertz CT molecular complexity index is 503. The number of rotatable bonds is 9. The smallest absolute Gasteiger partial charge is 0.237 e. The standard InChI is InChI=1S/C18H30N2O3/c1-6-7-15(19)18(21)20-13(4)14-8-9-16(17(10-14)22-5)23-11-12(2)3/h8-10,12-13,15H,6-7,11,19H2,1-5H3,(H,20,21). The van der Waals surface area contributed by atoms with Gasteiger partial charge in [-0.05, 0) is 37.0 Å². The molecule has 0 spiro atoms. The first-order valence-electron chi connectivity index (χ1n) is 8.25. The monoisotopic (exact) mass is 322 g/mol. The van der Waals surface area contributed by atoms with Crippen molar-refractivity contribution < 1.29 is 14.3 Å². The Morgan fingerprint density at radius 1 is 1.26 bits per heavy atom. The maximum absolute atomic E-state index is 12.0. The second kappa shape index (κ2) is 9.40. The predicted octanol–water partition coefficient (Wildman–Crippen LogP) is 3.03. The Balaban J connectivity index is 2.77. The molecule has 0 fully saturated rings. The van der Waals surface area contributed by atoms with Crippen LogP contribution in [-0.4, -0.2) is 25.7 Å². The first kappa shape index (κ1) is 19.3. The topological polar surface area (TPSA) is 73.6 Å². The third-order valence-corrected chi connectivity index (χ3v) is 3.56. The lowest BCUT2D eigenvalue weighted by Crippen LogP contribution is -2.41. The summed E-state index contributed by atoms with van der Waals surface area (Å²) in [5.74, 6) is 1.70. The van der Waals surface area contributed by atoms with Crippen molar-refractivity contribution in [3.63, 3.8) is 0 Å². The fourth-order valence-electron chi connectivity index (χ4n) is 2.18. The summed E-state index contributed by atoms with van der Waals surface area (Å²) in [4.78, 5) is 12.0. The van der Waals surface area contributed by atoms with Crippen LogP contribution in [-0.2, 0) is 4.79 Å². The van der Waals surface area contributed by atoms with Gasteiger partial charge in [0, 0.05) is 0 Å². The van der Waals surface area contributed by atoms with E-state index >= 15 is 0 Å². The summed E-state index contributed by atoms with van der Waals surface area (Å²) in [6.07, 6.45) is 1.57. The Kier molecular flexibility index (Phi) is 7.89. The molecule has 1 aromatic rings. The van der Waals surface area contributed by atoms with Gasteiger partial charge in [-0.25, -0.2) is 0 Å². The maximum atomic E-state index is 12.0. The molecule has 2 atom stereocenters. The lowest BCUT2D eigenvalue weighted by atomic mass is 10.1. The van der Waals surface area contributed by atoms with E-state index in [9.17, 15) is 4.79 Å². The quantitative estimate of drug-likeness (QED) is 0.733. The maximum Gasteiger partial charge on any atom is 0.237 e. The molecule has 1 aromatic carbocycles. The molecule has 1 rings (SSSR count). The molecule has 130 valence electrons. The van der Waals surface area contributed by atoms with Gasteiger partial charge in [0.2, 0.25) is 5.91 Å². The summed E-state index contributed by atoms with van der Waals surface area (Å²) in [5.41, 5.74) is 6.80. The van der Waals surface area contributed by atoms with Gasteiger partial charge in [0.15, 0.2) is 11.5 Å². The number of carbonyl (C=O) groups excluding carboxylic acids is 1. The summed E-state index contributed by atoms with van der Waals surface area (Å²) in [5, 5.41) is 2.94. The van der Waals surface area contributed by atoms with E-state index in [0.717, 1.165) is 12.0 Å². The molecule has 0 bridgehead atoms. The van der Waals surface area contributed by atoms with Crippen LogP contribution in [0.1, 0.15) is 52.1 Å². The second-order valence-corrected chi connectivity index (χ2v) is 6.24. The van der Waals surface area contributed by atoms with Crippen molar-refractivity contribution in [1.82, 2.24) is 5.32 Å². The zero-order valence-electron chi connectivity index (χ0n) is 14.9. The average Bonchev–Trinajstić information content (AvgIpc) is 2.52. The van der Waals surface area contributed by atoms with Crippen LogP contribution in [0.5, 0.6) is 11.5 Å². The number of nitrogens with one attached hydrogen (secondary N) is 1. The third kappa shape index (κ3) is 6.10. The van der Waals surface area contributed by atoms with Gasteiger partial charge in [0.1, 0.15) is 0 Å². The van der Waals surface area contributed by atoms with Crippen molar-refractivity contribution >= 4 is 5.91 Å². The minimum absolute atomic E-state index is 0.126. The zero-order valence-corrected chi connectivity index (χ0v) is 14.9. The van der Waals surface area contributed by atoms with E-state index in [1.165, 1.54) is 0 Å². The molecule has 0 aliphatic heterocycles. The number of hydrogen-bond acceptors (Lipinski definition) is 4. The van der Waals surface area contributed by atoms with Crippen molar-refractivity contribution in [3.05, 3.63) is 23.8 Å². The average molecular weight is 322 g/mol. The van der Waals surface area contributed by atoms with E-state index in [0.29, 0.717) is 30.4 Å². The molecule has 23 heavy (non-hydrogen) atoms. The predicted molar refractivity (Wildman–Crippen MR) is 92.8 cm³/mol. The first-order chi connectivity index (χ1) is 10.9. The van der Waals surface area contributed by atoms with E-state index in [-0.39, 0.29) is 11.9 Å². The van der Waals surface area contributed by atoms with E-state index in [4.69, 9.17) is 15.2 Å². The molecule has 0 radical (unpaired) electrons. The number of carbonyl (C=O) groups is 1. The minimum atomic E-state index is -0.460. The van der Waals surface area contributed by atoms with Gasteiger partial charge in [-0.3, -0.25) is 4.79 Å². The number of hydrogen-bond donors (Lipinski definition) is 2. The van der Waals surface area contributed by atoms with Gasteiger partial charge in [-0.15, -0.1) is 0 Å². The zero-order chi connectivity index (χ0) is 17.4. The molecule has 0 aromatic heterocycles. The Hall–Kier alpha value is -1.75. The second-order valence-electron chi connectivity index (χ2n) is 6.24. The van der Waals surface area contributed by atoms with Crippen LogP contribution in [0.2, 0.25) is 0 Å². The van der Waals surface area contributed by atoms with Gasteiger partial charge in [0.25, 0.3) is 0 Å². The van der Waals surface area contributed by atoms with Crippen LogP contribution in [0.3, 0.4) is 0 Å². The van der Waals surface area contributed by atoms with Gasteiger partial charge in [-0.2, -0.15) is 0 Å². The molecular formula is C18H30N2O3. The summed E-state index contributed by atoms with van der Waals surface area (Å²) in [7, 11) is 1.61. The van der Waals surface area contributed by atoms with Crippen molar-refractivity contribution in [1.29, 1.82) is 0 Å². The molecular weight excluding hydrogens is 292 g/mol. The van der Waals surface area contributed by atoms with Crippen molar-refractivity contribution in [3.8, 4) is 11.5 Å². The summed E-state index contributed by atoms with van der Waals surface area (Å²) < 4.78 is 11.1. The van der Waals surface area contributed by atoms with E-state index in [2.05, 4.69) is 19.2 Å². The SMILES string of the molecule is CCCC(N)C(=O)NC(C)c1ccc(OCC(C)C)c(OC)c1. The van der Waals surface area contributed by atoms with E-state index in [1.54, 1.807) is 7.11 Å². The van der Waals surface area contributed by atoms with Crippen molar-refractivity contribution in [2.75, 3.05) is 13.7 Å². The molecule has 5 heteroatoms. The van der Waals surface area contributed by atoms with E-state index < -0.39 is 6.04 Å². The molecule has 0 heterocycles. The third-order valence-electron chi connectivity index (χ3n) is 3.56. The largest absolute Gasteiger partial charge is 0.493 e. The number of ether oxygens (including phenoxy) is 2.